The summed E-state index contributed by atoms with van der Waals surface area (Å²) in [4.78, 5) is 0. The fourth-order valence-corrected chi connectivity index (χ4v) is 2.72. The minimum atomic E-state index is 0.300. The smallest absolute Gasteiger partial charge is 0.138 e. The van der Waals surface area contributed by atoms with Gasteiger partial charge in [-0.15, -0.1) is 0 Å². The summed E-state index contributed by atoms with van der Waals surface area (Å²) in [6.07, 6.45) is 0. The number of ether oxygens (including phenoxy) is 1. The predicted octanol–water partition coefficient (Wildman–Crippen LogP) is 4.79. The van der Waals surface area contributed by atoms with E-state index >= 15 is 0 Å². The normalized spacial score (nSPS) is 10.5. The average molecular weight is 361 g/mol. The van der Waals surface area contributed by atoms with E-state index in [2.05, 4.69) is 15.9 Å². The Hall–Kier alpha value is -0.740. The second kappa shape index (κ2) is 6.62. The van der Waals surface area contributed by atoms with Crippen LogP contribution in [-0.4, -0.2) is 0 Å². The van der Waals surface area contributed by atoms with Gasteiger partial charge in [-0.3, -0.25) is 0 Å². The van der Waals surface area contributed by atoms with Crippen LogP contribution in [0, 0.1) is 0 Å². The molecule has 2 aromatic carbocycles. The van der Waals surface area contributed by atoms with Gasteiger partial charge in [0.2, 0.25) is 0 Å². The molecule has 5 heteroatoms. The Balaban J connectivity index is 2.24. The van der Waals surface area contributed by atoms with Crippen LogP contribution in [0.15, 0.2) is 40.9 Å². The molecule has 0 aliphatic heterocycles. The second-order valence-corrected chi connectivity index (χ2v) is 5.59. The summed E-state index contributed by atoms with van der Waals surface area (Å²) < 4.78 is 6.67. The largest absolute Gasteiger partial charge is 0.487 e. The van der Waals surface area contributed by atoms with E-state index in [1.54, 1.807) is 18.2 Å². The highest BCUT2D eigenvalue weighted by Crippen LogP contribution is 2.31. The fraction of sp³-hybridized carbons (Fsp3) is 0.143. The van der Waals surface area contributed by atoms with Crippen molar-refractivity contribution in [2.75, 3.05) is 0 Å². The van der Waals surface area contributed by atoms with E-state index in [0.29, 0.717) is 23.2 Å². The van der Waals surface area contributed by atoms with Crippen LogP contribution in [0.3, 0.4) is 0 Å². The van der Waals surface area contributed by atoms with Crippen LogP contribution < -0.4 is 10.5 Å². The van der Waals surface area contributed by atoms with E-state index in [-0.39, 0.29) is 0 Å². The van der Waals surface area contributed by atoms with Crippen LogP contribution in [0.4, 0.5) is 0 Å². The van der Waals surface area contributed by atoms with Crippen molar-refractivity contribution in [2.45, 2.75) is 13.2 Å². The summed E-state index contributed by atoms with van der Waals surface area (Å²) >= 11 is 15.7. The van der Waals surface area contributed by atoms with Crippen molar-refractivity contribution >= 4 is 39.1 Å². The SMILES string of the molecule is NCc1cccc(Br)c1OCc1c(Cl)cccc1Cl. The first-order valence-corrected chi connectivity index (χ1v) is 7.21. The van der Waals surface area contributed by atoms with Crippen molar-refractivity contribution in [1.29, 1.82) is 0 Å². The third-order valence-electron chi connectivity index (χ3n) is 2.69. The maximum absolute atomic E-state index is 6.11. The van der Waals surface area contributed by atoms with Gasteiger partial charge in [0.1, 0.15) is 12.4 Å². The number of para-hydroxylation sites is 1. The second-order valence-electron chi connectivity index (χ2n) is 3.92. The molecule has 0 saturated heterocycles. The molecule has 0 saturated carbocycles. The standard InChI is InChI=1S/C14H12BrCl2NO/c15-11-4-1-3-9(7-18)14(11)19-8-10-12(16)5-2-6-13(10)17/h1-6H,7-8,18H2. The number of halogens is 3. The molecule has 2 N–H and O–H groups in total. The molecule has 0 aromatic heterocycles. The van der Waals surface area contributed by atoms with Crippen LogP contribution >= 0.6 is 39.1 Å². The van der Waals surface area contributed by atoms with Gasteiger partial charge in [0.05, 0.1) is 4.47 Å². The van der Waals surface area contributed by atoms with Crippen LogP contribution in [-0.2, 0) is 13.2 Å². The van der Waals surface area contributed by atoms with Gasteiger partial charge in [-0.2, -0.15) is 0 Å². The van der Waals surface area contributed by atoms with Crippen molar-refractivity contribution in [1.82, 2.24) is 0 Å². The van der Waals surface area contributed by atoms with Gasteiger partial charge in [0.25, 0.3) is 0 Å². The molecule has 0 fully saturated rings. The molecular formula is C14H12BrCl2NO. The molecular weight excluding hydrogens is 349 g/mol. The van der Waals surface area contributed by atoms with Gasteiger partial charge in [0, 0.05) is 27.7 Å². The summed E-state index contributed by atoms with van der Waals surface area (Å²) in [7, 11) is 0. The lowest BCUT2D eigenvalue weighted by molar-refractivity contribution is 0.301. The Morgan fingerprint density at radius 1 is 1.05 bits per heavy atom. The number of hydrogen-bond donors (Lipinski definition) is 1. The molecule has 2 nitrogen and oxygen atoms in total. The van der Waals surface area contributed by atoms with E-state index in [1.165, 1.54) is 0 Å². The maximum Gasteiger partial charge on any atom is 0.138 e. The van der Waals surface area contributed by atoms with Gasteiger partial charge in [-0.1, -0.05) is 41.4 Å². The van der Waals surface area contributed by atoms with Crippen molar-refractivity contribution < 1.29 is 4.74 Å². The molecule has 0 heterocycles. The van der Waals surface area contributed by atoms with E-state index in [4.69, 9.17) is 33.7 Å². The summed E-state index contributed by atoms with van der Waals surface area (Å²) in [5.74, 6) is 0.723. The number of nitrogens with two attached hydrogens (primary N) is 1. The molecule has 0 atom stereocenters. The topological polar surface area (TPSA) is 35.2 Å². The molecule has 100 valence electrons. The van der Waals surface area contributed by atoms with Gasteiger partial charge < -0.3 is 10.5 Å². The quantitative estimate of drug-likeness (QED) is 0.850. The van der Waals surface area contributed by atoms with Crippen LogP contribution in [0.25, 0.3) is 0 Å². The first kappa shape index (κ1) is 14.7. The predicted molar refractivity (Wildman–Crippen MR) is 82.8 cm³/mol. The zero-order chi connectivity index (χ0) is 13.8. The Morgan fingerprint density at radius 2 is 1.68 bits per heavy atom. The van der Waals surface area contributed by atoms with E-state index < -0.39 is 0 Å². The van der Waals surface area contributed by atoms with Crippen LogP contribution in [0.2, 0.25) is 10.0 Å². The van der Waals surface area contributed by atoms with Crippen molar-refractivity contribution in [3.05, 3.63) is 62.0 Å². The highest BCUT2D eigenvalue weighted by atomic mass is 79.9. The van der Waals surface area contributed by atoms with Crippen LogP contribution in [0.5, 0.6) is 5.75 Å². The summed E-state index contributed by atoms with van der Waals surface area (Å²) in [6, 6.07) is 11.1. The number of benzene rings is 2. The Bertz CT molecular complexity index is 569. The monoisotopic (exact) mass is 359 g/mol. The third-order valence-corrected chi connectivity index (χ3v) is 4.02. The molecule has 0 spiro atoms. The third kappa shape index (κ3) is 3.42. The summed E-state index contributed by atoms with van der Waals surface area (Å²) in [5, 5.41) is 1.18. The molecule has 0 bridgehead atoms. The van der Waals surface area contributed by atoms with Gasteiger partial charge >= 0.3 is 0 Å². The molecule has 0 unspecified atom stereocenters. The first-order chi connectivity index (χ1) is 9.13. The average Bonchev–Trinajstić information content (AvgIpc) is 2.39. The lowest BCUT2D eigenvalue weighted by Gasteiger charge is -2.13. The Labute approximate surface area is 130 Å². The van der Waals surface area contributed by atoms with Gasteiger partial charge in [-0.05, 0) is 34.1 Å². The van der Waals surface area contributed by atoms with Crippen molar-refractivity contribution in [3.63, 3.8) is 0 Å². The lowest BCUT2D eigenvalue weighted by Crippen LogP contribution is -2.04. The van der Waals surface area contributed by atoms with Crippen LogP contribution in [0.1, 0.15) is 11.1 Å². The first-order valence-electron chi connectivity index (χ1n) is 5.66. The molecule has 0 radical (unpaired) electrons. The van der Waals surface area contributed by atoms with E-state index in [9.17, 15) is 0 Å². The molecule has 19 heavy (non-hydrogen) atoms. The summed E-state index contributed by atoms with van der Waals surface area (Å²) in [5.41, 5.74) is 7.39. The van der Waals surface area contributed by atoms with Gasteiger partial charge in [0.15, 0.2) is 0 Å². The highest BCUT2D eigenvalue weighted by molar-refractivity contribution is 9.10. The Morgan fingerprint density at radius 3 is 2.32 bits per heavy atom. The number of rotatable bonds is 4. The van der Waals surface area contributed by atoms with E-state index in [0.717, 1.165) is 21.3 Å². The Kier molecular flexibility index (Phi) is 5.11. The van der Waals surface area contributed by atoms with Crippen molar-refractivity contribution in [2.24, 2.45) is 5.73 Å². The maximum atomic E-state index is 6.11. The molecule has 2 rings (SSSR count). The molecule has 2 aromatic rings. The highest BCUT2D eigenvalue weighted by Gasteiger charge is 2.10. The van der Waals surface area contributed by atoms with Crippen molar-refractivity contribution in [3.8, 4) is 5.75 Å². The zero-order valence-corrected chi connectivity index (χ0v) is 13.1. The molecule has 0 aliphatic rings. The van der Waals surface area contributed by atoms with E-state index in [1.807, 2.05) is 18.2 Å². The zero-order valence-electron chi connectivity index (χ0n) is 10.00. The lowest BCUT2D eigenvalue weighted by atomic mass is 10.2. The summed E-state index contributed by atoms with van der Waals surface area (Å²) in [6.45, 7) is 0.707. The minimum Gasteiger partial charge on any atom is -0.487 e. The minimum absolute atomic E-state index is 0.300. The number of hydrogen-bond acceptors (Lipinski definition) is 2. The fourth-order valence-electron chi connectivity index (χ4n) is 1.69. The van der Waals surface area contributed by atoms with Gasteiger partial charge in [-0.25, -0.2) is 0 Å². The molecule has 0 aliphatic carbocycles. The molecule has 0 amide bonds.